The van der Waals surface area contributed by atoms with Crippen molar-refractivity contribution in [3.8, 4) is 0 Å². The maximum absolute atomic E-state index is 13.6. The number of hydrogen-bond acceptors (Lipinski definition) is 3. The molecule has 5 rings (SSSR count). The van der Waals surface area contributed by atoms with E-state index in [1.807, 2.05) is 35.4 Å². The number of nitrogens with one attached hydrogen (secondary N) is 1. The lowest BCUT2D eigenvalue weighted by molar-refractivity contribution is -0.118. The van der Waals surface area contributed by atoms with E-state index in [0.29, 0.717) is 18.4 Å². The van der Waals surface area contributed by atoms with Gasteiger partial charge in [-0.1, -0.05) is 24.3 Å². The average molecular weight is 505 g/mol. The van der Waals surface area contributed by atoms with Gasteiger partial charge in [0.15, 0.2) is 0 Å². The number of aromatic nitrogens is 1. The fraction of sp³-hybridized carbons (Fsp3) is 0.467. The molecular weight excluding hydrogens is 467 g/mol. The number of carbonyl (C=O) groups excluding carboxylic acids is 2. The topological polar surface area (TPSA) is 57.6 Å². The van der Waals surface area contributed by atoms with Gasteiger partial charge in [-0.25, -0.2) is 4.39 Å². The number of aryl methyl sites for hydroxylation is 1. The zero-order chi connectivity index (χ0) is 25.8. The zero-order valence-corrected chi connectivity index (χ0v) is 21.7. The van der Waals surface area contributed by atoms with Crippen LogP contribution in [0.15, 0.2) is 54.7 Å². The molecule has 37 heavy (non-hydrogen) atoms. The second kappa shape index (κ2) is 11.5. The van der Waals surface area contributed by atoms with Crippen LogP contribution in [0.3, 0.4) is 0 Å². The Morgan fingerprint density at radius 1 is 1.00 bits per heavy atom. The fourth-order valence-electron chi connectivity index (χ4n) is 6.02. The second-order valence-electron chi connectivity index (χ2n) is 10.6. The maximum Gasteiger partial charge on any atom is 0.256 e. The van der Waals surface area contributed by atoms with E-state index >= 15 is 0 Å². The smallest absolute Gasteiger partial charge is 0.256 e. The van der Waals surface area contributed by atoms with Crippen LogP contribution in [0.2, 0.25) is 0 Å². The molecule has 1 atom stereocenters. The molecule has 1 N–H and O–H groups in total. The summed E-state index contributed by atoms with van der Waals surface area (Å²) in [5.74, 6) is 0.926. The lowest BCUT2D eigenvalue weighted by atomic mass is 9.89. The third kappa shape index (κ3) is 6.04. The minimum Gasteiger partial charge on any atom is -0.356 e. The van der Waals surface area contributed by atoms with E-state index in [2.05, 4.69) is 26.9 Å². The van der Waals surface area contributed by atoms with Gasteiger partial charge < -0.3 is 19.7 Å². The van der Waals surface area contributed by atoms with Crippen LogP contribution >= 0.6 is 0 Å². The third-order valence-electron chi connectivity index (χ3n) is 7.99. The van der Waals surface area contributed by atoms with E-state index in [4.69, 9.17) is 0 Å². The number of piperidine rings is 1. The van der Waals surface area contributed by atoms with Crippen molar-refractivity contribution in [2.45, 2.75) is 45.1 Å². The van der Waals surface area contributed by atoms with Crippen LogP contribution in [0.4, 0.5) is 4.39 Å². The van der Waals surface area contributed by atoms with Crippen LogP contribution in [-0.4, -0.2) is 65.4 Å². The van der Waals surface area contributed by atoms with Gasteiger partial charge in [0.2, 0.25) is 5.91 Å². The van der Waals surface area contributed by atoms with Gasteiger partial charge in [-0.05, 0) is 80.4 Å². The highest BCUT2D eigenvalue weighted by molar-refractivity contribution is 6.06. The van der Waals surface area contributed by atoms with Gasteiger partial charge in [-0.15, -0.1) is 0 Å². The molecule has 3 aromatic rings. The van der Waals surface area contributed by atoms with E-state index < -0.39 is 0 Å². The predicted molar refractivity (Wildman–Crippen MR) is 144 cm³/mol. The van der Waals surface area contributed by atoms with Crippen LogP contribution in [-0.2, 0) is 11.3 Å². The van der Waals surface area contributed by atoms with Crippen molar-refractivity contribution in [1.82, 2.24) is 19.7 Å². The van der Waals surface area contributed by atoms with Gasteiger partial charge in [0, 0.05) is 51.2 Å². The number of hydrogen-bond donors (Lipinski definition) is 1. The summed E-state index contributed by atoms with van der Waals surface area (Å²) in [6, 6.07) is 15.0. The largest absolute Gasteiger partial charge is 0.356 e. The first-order valence-electron chi connectivity index (χ1n) is 13.6. The lowest BCUT2D eigenvalue weighted by Gasteiger charge is -2.33. The highest BCUT2D eigenvalue weighted by Crippen LogP contribution is 2.30. The summed E-state index contributed by atoms with van der Waals surface area (Å²) in [6.45, 7) is 7.65. The zero-order valence-electron chi connectivity index (χ0n) is 21.7. The summed E-state index contributed by atoms with van der Waals surface area (Å²) in [5.41, 5.74) is 3.00. The SMILES string of the molecule is CC(=O)NCCCn1ccc2cccc(C(=O)N3CC[C@H](CN4CCC(c5ccc(F)cc5)CC4)C3)c21. The number of fused-ring (bicyclic) bond motifs is 1. The van der Waals surface area contributed by atoms with Gasteiger partial charge in [-0.3, -0.25) is 9.59 Å². The van der Waals surface area contributed by atoms with Crippen molar-refractivity contribution >= 4 is 22.7 Å². The molecule has 1 aromatic heterocycles. The summed E-state index contributed by atoms with van der Waals surface area (Å²) in [4.78, 5) is 29.3. The summed E-state index contributed by atoms with van der Waals surface area (Å²) < 4.78 is 15.4. The number of halogens is 1. The van der Waals surface area contributed by atoms with Gasteiger partial charge in [-0.2, -0.15) is 0 Å². The minimum absolute atomic E-state index is 0.0194. The van der Waals surface area contributed by atoms with Gasteiger partial charge in [0.1, 0.15) is 5.82 Å². The number of nitrogens with zero attached hydrogens (tertiary/aromatic N) is 3. The van der Waals surface area contributed by atoms with E-state index in [-0.39, 0.29) is 17.6 Å². The Kier molecular flexibility index (Phi) is 7.89. The Balaban J connectivity index is 1.16. The average Bonchev–Trinajstić information content (AvgIpc) is 3.54. The van der Waals surface area contributed by atoms with Crippen molar-refractivity contribution < 1.29 is 14.0 Å². The van der Waals surface area contributed by atoms with E-state index in [1.54, 1.807) is 12.1 Å². The van der Waals surface area contributed by atoms with Gasteiger partial charge in [0.25, 0.3) is 5.91 Å². The first kappa shape index (κ1) is 25.5. The van der Waals surface area contributed by atoms with Crippen LogP contribution < -0.4 is 5.32 Å². The van der Waals surface area contributed by atoms with Crippen LogP contribution in [0, 0.1) is 11.7 Å². The Hall–Kier alpha value is -3.19. The quantitative estimate of drug-likeness (QED) is 0.455. The summed E-state index contributed by atoms with van der Waals surface area (Å²) >= 11 is 0. The molecule has 2 aromatic carbocycles. The molecule has 0 saturated carbocycles. The standard InChI is InChI=1S/C30H37FN4O2/c1-22(36)32-14-3-15-34-19-13-26-4-2-5-28(29(26)34)30(37)35-18-10-23(21-35)20-33-16-11-25(12-17-33)24-6-8-27(31)9-7-24/h2,4-9,13,19,23,25H,3,10-12,14-18,20-21H2,1H3,(H,32,36)/t23-/m1/s1. The summed E-state index contributed by atoms with van der Waals surface area (Å²) in [7, 11) is 0. The molecule has 6 nitrogen and oxygen atoms in total. The minimum atomic E-state index is -0.173. The molecule has 0 aliphatic carbocycles. The number of carbonyl (C=O) groups is 2. The van der Waals surface area contributed by atoms with Crippen LogP contribution in [0.5, 0.6) is 0 Å². The number of benzene rings is 2. The molecule has 2 aliphatic rings. The number of para-hydroxylation sites is 1. The molecule has 3 heterocycles. The molecule has 2 amide bonds. The fourth-order valence-corrected chi connectivity index (χ4v) is 6.02. The molecule has 0 spiro atoms. The van der Waals surface area contributed by atoms with Crippen molar-refractivity contribution in [3.05, 3.63) is 71.7 Å². The maximum atomic E-state index is 13.6. The monoisotopic (exact) mass is 504 g/mol. The molecule has 2 aliphatic heterocycles. The van der Waals surface area contributed by atoms with Crippen molar-refractivity contribution in [2.75, 3.05) is 39.3 Å². The van der Waals surface area contributed by atoms with Crippen molar-refractivity contribution in [1.29, 1.82) is 0 Å². The molecule has 0 bridgehead atoms. The Labute approximate surface area is 218 Å². The Morgan fingerprint density at radius 3 is 2.54 bits per heavy atom. The van der Waals surface area contributed by atoms with Crippen LogP contribution in [0.1, 0.15) is 54.4 Å². The van der Waals surface area contributed by atoms with Crippen LogP contribution in [0.25, 0.3) is 10.9 Å². The highest BCUT2D eigenvalue weighted by Gasteiger charge is 2.30. The van der Waals surface area contributed by atoms with Gasteiger partial charge >= 0.3 is 0 Å². The molecule has 196 valence electrons. The molecular formula is C30H37FN4O2. The normalized spacial score (nSPS) is 19.0. The molecule has 0 unspecified atom stereocenters. The Morgan fingerprint density at radius 2 is 1.78 bits per heavy atom. The lowest BCUT2D eigenvalue weighted by Crippen LogP contribution is -2.38. The number of likely N-dealkylation sites (tertiary alicyclic amines) is 2. The Bertz CT molecular complexity index is 1230. The third-order valence-corrected chi connectivity index (χ3v) is 7.99. The summed E-state index contributed by atoms with van der Waals surface area (Å²) in [5, 5.41) is 3.92. The molecule has 2 saturated heterocycles. The molecule has 7 heteroatoms. The number of amides is 2. The van der Waals surface area contributed by atoms with Crippen molar-refractivity contribution in [2.24, 2.45) is 5.92 Å². The highest BCUT2D eigenvalue weighted by atomic mass is 19.1. The van der Waals surface area contributed by atoms with Gasteiger partial charge in [0.05, 0.1) is 11.1 Å². The predicted octanol–water partition coefficient (Wildman–Crippen LogP) is 4.65. The van der Waals surface area contributed by atoms with E-state index in [0.717, 1.165) is 81.4 Å². The summed E-state index contributed by atoms with van der Waals surface area (Å²) in [6.07, 6.45) is 6.09. The van der Waals surface area contributed by atoms with E-state index in [1.165, 1.54) is 12.5 Å². The first-order valence-corrected chi connectivity index (χ1v) is 13.6. The molecule has 0 radical (unpaired) electrons. The number of rotatable bonds is 8. The van der Waals surface area contributed by atoms with Crippen molar-refractivity contribution in [3.63, 3.8) is 0 Å². The second-order valence-corrected chi connectivity index (χ2v) is 10.6. The van der Waals surface area contributed by atoms with E-state index in [9.17, 15) is 14.0 Å². The first-order chi connectivity index (χ1) is 18.0. The molecule has 2 fully saturated rings.